The third-order valence-corrected chi connectivity index (χ3v) is 5.00. The zero-order chi connectivity index (χ0) is 16.9. The normalized spacial score (nSPS) is 16.8. The van der Waals surface area contributed by atoms with Gasteiger partial charge in [-0.2, -0.15) is 0 Å². The molecule has 1 atom stereocenters. The summed E-state index contributed by atoms with van der Waals surface area (Å²) in [6.07, 6.45) is 9.97. The van der Waals surface area contributed by atoms with Crippen molar-refractivity contribution in [1.29, 1.82) is 0 Å². The number of esters is 1. The highest BCUT2D eigenvalue weighted by atomic mass is 35.5. The SMILES string of the molecule is O=C(OC(Cn1ccnc1)c1ccc(Cl)cc1Cl)C1CCCCC1. The van der Waals surface area contributed by atoms with E-state index in [-0.39, 0.29) is 11.9 Å². The largest absolute Gasteiger partial charge is 0.455 e. The summed E-state index contributed by atoms with van der Waals surface area (Å²) in [4.78, 5) is 16.6. The van der Waals surface area contributed by atoms with Crippen LogP contribution in [0.3, 0.4) is 0 Å². The Kier molecular flexibility index (Phi) is 5.80. The molecule has 0 N–H and O–H groups in total. The molecule has 0 radical (unpaired) electrons. The lowest BCUT2D eigenvalue weighted by Gasteiger charge is -2.25. The number of ether oxygens (including phenoxy) is 1. The second-order valence-corrected chi connectivity index (χ2v) is 7.03. The Morgan fingerprint density at radius 3 is 2.75 bits per heavy atom. The Labute approximate surface area is 151 Å². The van der Waals surface area contributed by atoms with Crippen LogP contribution in [0.5, 0.6) is 0 Å². The fourth-order valence-electron chi connectivity index (χ4n) is 3.12. The van der Waals surface area contributed by atoms with Gasteiger partial charge >= 0.3 is 5.97 Å². The molecule has 6 heteroatoms. The summed E-state index contributed by atoms with van der Waals surface area (Å²) in [6, 6.07) is 5.26. The van der Waals surface area contributed by atoms with E-state index in [9.17, 15) is 4.79 Å². The number of rotatable bonds is 5. The second kappa shape index (κ2) is 8.04. The predicted molar refractivity (Wildman–Crippen MR) is 94.1 cm³/mol. The van der Waals surface area contributed by atoms with Gasteiger partial charge in [-0.3, -0.25) is 4.79 Å². The van der Waals surface area contributed by atoms with Crippen LogP contribution in [0.25, 0.3) is 0 Å². The molecule has 1 saturated carbocycles. The van der Waals surface area contributed by atoms with Gasteiger partial charge in [0.25, 0.3) is 0 Å². The van der Waals surface area contributed by atoms with Crippen LogP contribution in [-0.2, 0) is 16.1 Å². The minimum absolute atomic E-state index is 0.00453. The highest BCUT2D eigenvalue weighted by Gasteiger charge is 2.27. The number of nitrogens with zero attached hydrogens (tertiary/aromatic N) is 2. The van der Waals surface area contributed by atoms with E-state index in [1.165, 1.54) is 6.42 Å². The number of imidazole rings is 1. The first-order valence-electron chi connectivity index (χ1n) is 8.24. The zero-order valence-corrected chi connectivity index (χ0v) is 14.8. The van der Waals surface area contributed by atoms with E-state index < -0.39 is 6.10 Å². The van der Waals surface area contributed by atoms with Crippen LogP contribution in [0.15, 0.2) is 36.9 Å². The smallest absolute Gasteiger partial charge is 0.309 e. The quantitative estimate of drug-likeness (QED) is 0.695. The Bertz CT molecular complexity index is 682. The molecule has 1 aliphatic rings. The minimum Gasteiger partial charge on any atom is -0.455 e. The van der Waals surface area contributed by atoms with E-state index in [1.54, 1.807) is 24.7 Å². The summed E-state index contributed by atoms with van der Waals surface area (Å²) >= 11 is 12.3. The van der Waals surface area contributed by atoms with Crippen LogP contribution in [-0.4, -0.2) is 15.5 Å². The van der Waals surface area contributed by atoms with Crippen LogP contribution in [0.2, 0.25) is 10.0 Å². The van der Waals surface area contributed by atoms with E-state index in [1.807, 2.05) is 16.8 Å². The van der Waals surface area contributed by atoms with Crippen molar-refractivity contribution in [2.75, 3.05) is 0 Å². The number of benzene rings is 1. The maximum absolute atomic E-state index is 12.6. The van der Waals surface area contributed by atoms with Gasteiger partial charge in [0, 0.05) is 28.0 Å². The molecule has 1 aromatic carbocycles. The van der Waals surface area contributed by atoms with Gasteiger partial charge in [-0.15, -0.1) is 0 Å². The minimum atomic E-state index is -0.460. The van der Waals surface area contributed by atoms with Crippen LogP contribution in [0, 0.1) is 5.92 Å². The third kappa shape index (κ3) is 4.31. The van der Waals surface area contributed by atoms with Crippen molar-refractivity contribution in [2.24, 2.45) is 5.92 Å². The summed E-state index contributed by atoms with van der Waals surface area (Å²) < 4.78 is 7.73. The molecule has 2 aromatic rings. The highest BCUT2D eigenvalue weighted by molar-refractivity contribution is 6.35. The average Bonchev–Trinajstić information content (AvgIpc) is 3.08. The molecular formula is C18H20Cl2N2O2. The molecule has 4 nitrogen and oxygen atoms in total. The number of halogens is 2. The zero-order valence-electron chi connectivity index (χ0n) is 13.3. The molecule has 0 bridgehead atoms. The first-order chi connectivity index (χ1) is 11.6. The lowest BCUT2D eigenvalue weighted by molar-refractivity contribution is -0.156. The molecule has 1 aromatic heterocycles. The fraction of sp³-hybridized carbons (Fsp3) is 0.444. The van der Waals surface area contributed by atoms with E-state index in [0.29, 0.717) is 16.6 Å². The predicted octanol–water partition coefficient (Wildman–Crippen LogP) is 5.05. The monoisotopic (exact) mass is 366 g/mol. The van der Waals surface area contributed by atoms with Crippen LogP contribution in [0.4, 0.5) is 0 Å². The van der Waals surface area contributed by atoms with Gasteiger partial charge < -0.3 is 9.30 Å². The molecule has 3 rings (SSSR count). The van der Waals surface area contributed by atoms with Gasteiger partial charge in [-0.25, -0.2) is 4.98 Å². The van der Waals surface area contributed by atoms with E-state index in [2.05, 4.69) is 4.98 Å². The van der Waals surface area contributed by atoms with Crippen molar-refractivity contribution in [3.05, 3.63) is 52.5 Å². The third-order valence-electron chi connectivity index (χ3n) is 4.44. The number of carbonyl (C=O) groups excluding carboxylic acids is 1. The molecule has 1 unspecified atom stereocenters. The summed E-state index contributed by atoms with van der Waals surface area (Å²) in [6.45, 7) is 0.472. The number of hydrogen-bond donors (Lipinski definition) is 0. The molecule has 24 heavy (non-hydrogen) atoms. The standard InChI is InChI=1S/C18H20Cl2N2O2/c19-14-6-7-15(16(20)10-14)17(11-22-9-8-21-12-22)24-18(23)13-4-2-1-3-5-13/h6-10,12-13,17H,1-5,11H2. The van der Waals surface area contributed by atoms with Gasteiger partial charge in [-0.1, -0.05) is 48.5 Å². The highest BCUT2D eigenvalue weighted by Crippen LogP contribution is 2.32. The maximum Gasteiger partial charge on any atom is 0.309 e. The van der Waals surface area contributed by atoms with Gasteiger partial charge in [0.1, 0.15) is 6.10 Å². The summed E-state index contributed by atoms with van der Waals surface area (Å²) in [5.41, 5.74) is 0.763. The molecule has 0 spiro atoms. The van der Waals surface area contributed by atoms with Crippen LogP contribution < -0.4 is 0 Å². The molecular weight excluding hydrogens is 347 g/mol. The first-order valence-corrected chi connectivity index (χ1v) is 9.00. The van der Waals surface area contributed by atoms with Gasteiger partial charge in [0.2, 0.25) is 0 Å². The van der Waals surface area contributed by atoms with Crippen molar-refractivity contribution < 1.29 is 9.53 Å². The molecule has 1 aliphatic carbocycles. The molecule has 1 heterocycles. The average molecular weight is 367 g/mol. The molecule has 1 fully saturated rings. The number of aromatic nitrogens is 2. The Balaban J connectivity index is 1.80. The lowest BCUT2D eigenvalue weighted by Crippen LogP contribution is -2.24. The molecule has 128 valence electrons. The topological polar surface area (TPSA) is 44.1 Å². The second-order valence-electron chi connectivity index (χ2n) is 6.19. The lowest BCUT2D eigenvalue weighted by atomic mass is 9.89. The Morgan fingerprint density at radius 1 is 1.29 bits per heavy atom. The number of hydrogen-bond acceptors (Lipinski definition) is 3. The van der Waals surface area contributed by atoms with Gasteiger partial charge in [-0.05, 0) is 25.0 Å². The number of carbonyl (C=O) groups is 1. The first kappa shape index (κ1) is 17.3. The fourth-order valence-corrected chi connectivity index (χ4v) is 3.65. The van der Waals surface area contributed by atoms with Crippen molar-refractivity contribution in [2.45, 2.75) is 44.8 Å². The summed E-state index contributed by atoms with van der Waals surface area (Å²) in [5.74, 6) is -0.138. The molecule has 0 aliphatic heterocycles. The van der Waals surface area contributed by atoms with Crippen molar-refractivity contribution in [3.8, 4) is 0 Å². The Morgan fingerprint density at radius 2 is 2.08 bits per heavy atom. The van der Waals surface area contributed by atoms with E-state index >= 15 is 0 Å². The Hall–Kier alpha value is -1.52. The van der Waals surface area contributed by atoms with E-state index in [0.717, 1.165) is 31.2 Å². The van der Waals surface area contributed by atoms with Crippen molar-refractivity contribution in [3.63, 3.8) is 0 Å². The van der Waals surface area contributed by atoms with Gasteiger partial charge in [0.15, 0.2) is 0 Å². The molecule has 0 saturated heterocycles. The molecule has 0 amide bonds. The maximum atomic E-state index is 12.6. The van der Waals surface area contributed by atoms with Crippen molar-refractivity contribution in [1.82, 2.24) is 9.55 Å². The summed E-state index contributed by atoms with van der Waals surface area (Å²) in [5, 5.41) is 1.06. The van der Waals surface area contributed by atoms with Crippen LogP contribution >= 0.6 is 23.2 Å². The van der Waals surface area contributed by atoms with E-state index in [4.69, 9.17) is 27.9 Å². The van der Waals surface area contributed by atoms with Crippen molar-refractivity contribution >= 4 is 29.2 Å². The van der Waals surface area contributed by atoms with Crippen LogP contribution in [0.1, 0.15) is 43.8 Å². The van der Waals surface area contributed by atoms with Gasteiger partial charge in [0.05, 0.1) is 18.8 Å². The summed E-state index contributed by atoms with van der Waals surface area (Å²) in [7, 11) is 0.